The van der Waals surface area contributed by atoms with Crippen LogP contribution in [0.1, 0.15) is 32.6 Å². The van der Waals surface area contributed by atoms with Crippen molar-refractivity contribution < 1.29 is 4.79 Å². The summed E-state index contributed by atoms with van der Waals surface area (Å²) >= 11 is 0. The standard InChI is InChI=1S/C10H20N2O/c1-2-3-7-12-10(13)9-5-4-6-11-8-9/h9,11H,2-8H2,1H3,(H,12,13)/t9-/m0/s1. The van der Waals surface area contributed by atoms with Crippen molar-refractivity contribution >= 4 is 5.91 Å². The van der Waals surface area contributed by atoms with E-state index in [0.717, 1.165) is 45.3 Å². The van der Waals surface area contributed by atoms with Crippen LogP contribution in [0.2, 0.25) is 0 Å². The lowest BCUT2D eigenvalue weighted by Gasteiger charge is -2.21. The SMILES string of the molecule is CCCCNC(=O)[C@H]1CCCNC1. The largest absolute Gasteiger partial charge is 0.356 e. The molecular weight excluding hydrogens is 164 g/mol. The average Bonchev–Trinajstić information content (AvgIpc) is 2.19. The topological polar surface area (TPSA) is 41.1 Å². The molecule has 0 saturated carbocycles. The van der Waals surface area contributed by atoms with E-state index in [1.54, 1.807) is 0 Å². The van der Waals surface area contributed by atoms with Gasteiger partial charge in [0.05, 0.1) is 5.92 Å². The molecule has 1 aliphatic heterocycles. The van der Waals surface area contributed by atoms with Gasteiger partial charge in [0.25, 0.3) is 0 Å². The van der Waals surface area contributed by atoms with Crippen LogP contribution in [0.15, 0.2) is 0 Å². The number of hydrogen-bond acceptors (Lipinski definition) is 2. The van der Waals surface area contributed by atoms with Crippen molar-refractivity contribution in [2.24, 2.45) is 5.92 Å². The van der Waals surface area contributed by atoms with Gasteiger partial charge in [-0.3, -0.25) is 4.79 Å². The van der Waals surface area contributed by atoms with Crippen molar-refractivity contribution in [2.75, 3.05) is 19.6 Å². The Morgan fingerprint density at radius 3 is 3.08 bits per heavy atom. The third-order valence-electron chi connectivity index (χ3n) is 2.50. The highest BCUT2D eigenvalue weighted by molar-refractivity contribution is 5.78. The Morgan fingerprint density at radius 2 is 2.46 bits per heavy atom. The maximum Gasteiger partial charge on any atom is 0.224 e. The molecule has 0 aromatic rings. The van der Waals surface area contributed by atoms with Crippen molar-refractivity contribution in [1.29, 1.82) is 0 Å². The summed E-state index contributed by atoms with van der Waals surface area (Å²) in [5, 5.41) is 6.22. The number of amides is 1. The molecule has 1 saturated heterocycles. The Kier molecular flexibility index (Phi) is 4.83. The summed E-state index contributed by atoms with van der Waals surface area (Å²) in [6.07, 6.45) is 4.41. The molecule has 3 heteroatoms. The molecule has 1 atom stereocenters. The van der Waals surface area contributed by atoms with Crippen molar-refractivity contribution in [3.8, 4) is 0 Å². The van der Waals surface area contributed by atoms with E-state index in [9.17, 15) is 4.79 Å². The first-order valence-electron chi connectivity index (χ1n) is 5.33. The molecule has 0 aromatic heterocycles. The average molecular weight is 184 g/mol. The van der Waals surface area contributed by atoms with Crippen LogP contribution in [0.3, 0.4) is 0 Å². The number of carbonyl (C=O) groups excluding carboxylic acids is 1. The molecule has 1 aliphatic rings. The van der Waals surface area contributed by atoms with Gasteiger partial charge in [-0.25, -0.2) is 0 Å². The zero-order chi connectivity index (χ0) is 9.52. The molecule has 1 fully saturated rings. The van der Waals surface area contributed by atoms with Gasteiger partial charge >= 0.3 is 0 Å². The fourth-order valence-corrected chi connectivity index (χ4v) is 1.61. The zero-order valence-electron chi connectivity index (χ0n) is 8.44. The van der Waals surface area contributed by atoms with E-state index >= 15 is 0 Å². The predicted octanol–water partition coefficient (Wildman–Crippen LogP) is 0.902. The fraction of sp³-hybridized carbons (Fsp3) is 0.900. The Morgan fingerprint density at radius 1 is 1.62 bits per heavy atom. The van der Waals surface area contributed by atoms with E-state index in [4.69, 9.17) is 0 Å². The fourth-order valence-electron chi connectivity index (χ4n) is 1.61. The highest BCUT2D eigenvalue weighted by atomic mass is 16.1. The first-order chi connectivity index (χ1) is 6.34. The number of unbranched alkanes of at least 4 members (excludes halogenated alkanes) is 1. The highest BCUT2D eigenvalue weighted by Gasteiger charge is 2.19. The minimum atomic E-state index is 0.214. The van der Waals surface area contributed by atoms with Crippen LogP contribution in [-0.4, -0.2) is 25.5 Å². The lowest BCUT2D eigenvalue weighted by molar-refractivity contribution is -0.125. The lowest BCUT2D eigenvalue weighted by Crippen LogP contribution is -2.40. The van der Waals surface area contributed by atoms with Gasteiger partial charge in [-0.2, -0.15) is 0 Å². The predicted molar refractivity (Wildman–Crippen MR) is 53.5 cm³/mol. The van der Waals surface area contributed by atoms with Crippen molar-refractivity contribution in [3.63, 3.8) is 0 Å². The molecule has 1 amide bonds. The second-order valence-electron chi connectivity index (χ2n) is 3.69. The third-order valence-corrected chi connectivity index (χ3v) is 2.50. The van der Waals surface area contributed by atoms with Gasteiger partial charge in [0.15, 0.2) is 0 Å². The van der Waals surface area contributed by atoms with Gasteiger partial charge in [-0.05, 0) is 25.8 Å². The molecule has 76 valence electrons. The van der Waals surface area contributed by atoms with Crippen LogP contribution in [0.25, 0.3) is 0 Å². The molecular formula is C10H20N2O. The van der Waals surface area contributed by atoms with Gasteiger partial charge < -0.3 is 10.6 Å². The van der Waals surface area contributed by atoms with Gasteiger partial charge in [-0.15, -0.1) is 0 Å². The second kappa shape index (κ2) is 5.97. The van der Waals surface area contributed by atoms with E-state index in [1.807, 2.05) is 0 Å². The van der Waals surface area contributed by atoms with E-state index in [1.165, 1.54) is 0 Å². The smallest absolute Gasteiger partial charge is 0.224 e. The molecule has 0 bridgehead atoms. The molecule has 2 N–H and O–H groups in total. The lowest BCUT2D eigenvalue weighted by atomic mass is 9.99. The summed E-state index contributed by atoms with van der Waals surface area (Å²) in [7, 11) is 0. The molecule has 0 radical (unpaired) electrons. The number of piperidine rings is 1. The molecule has 3 nitrogen and oxygen atoms in total. The summed E-state index contributed by atoms with van der Waals surface area (Å²) in [6.45, 7) is 4.90. The van der Waals surface area contributed by atoms with Crippen molar-refractivity contribution in [3.05, 3.63) is 0 Å². The van der Waals surface area contributed by atoms with Crippen LogP contribution in [-0.2, 0) is 4.79 Å². The van der Waals surface area contributed by atoms with E-state index in [0.29, 0.717) is 0 Å². The van der Waals surface area contributed by atoms with Crippen LogP contribution in [0.4, 0.5) is 0 Å². The number of carbonyl (C=O) groups is 1. The molecule has 13 heavy (non-hydrogen) atoms. The Labute approximate surface area is 80.3 Å². The number of hydrogen-bond donors (Lipinski definition) is 2. The minimum absolute atomic E-state index is 0.214. The Balaban J connectivity index is 2.13. The number of rotatable bonds is 4. The Hall–Kier alpha value is -0.570. The zero-order valence-corrected chi connectivity index (χ0v) is 8.44. The van der Waals surface area contributed by atoms with E-state index < -0.39 is 0 Å². The van der Waals surface area contributed by atoms with Crippen LogP contribution in [0, 0.1) is 5.92 Å². The van der Waals surface area contributed by atoms with Crippen LogP contribution < -0.4 is 10.6 Å². The van der Waals surface area contributed by atoms with Crippen molar-refractivity contribution in [1.82, 2.24) is 10.6 Å². The number of nitrogens with one attached hydrogen (secondary N) is 2. The molecule has 0 spiro atoms. The van der Waals surface area contributed by atoms with Crippen molar-refractivity contribution in [2.45, 2.75) is 32.6 Å². The summed E-state index contributed by atoms with van der Waals surface area (Å²) in [6, 6.07) is 0. The quantitative estimate of drug-likeness (QED) is 0.637. The second-order valence-corrected chi connectivity index (χ2v) is 3.69. The minimum Gasteiger partial charge on any atom is -0.356 e. The molecule has 1 heterocycles. The monoisotopic (exact) mass is 184 g/mol. The third kappa shape index (κ3) is 3.77. The Bertz CT molecular complexity index is 153. The molecule has 1 rings (SSSR count). The summed E-state index contributed by atoms with van der Waals surface area (Å²) < 4.78 is 0. The molecule has 0 aliphatic carbocycles. The summed E-state index contributed by atoms with van der Waals surface area (Å²) in [5.41, 5.74) is 0. The first-order valence-corrected chi connectivity index (χ1v) is 5.33. The van der Waals surface area contributed by atoms with Crippen LogP contribution in [0.5, 0.6) is 0 Å². The molecule has 0 unspecified atom stereocenters. The highest BCUT2D eigenvalue weighted by Crippen LogP contribution is 2.09. The maximum absolute atomic E-state index is 11.5. The van der Waals surface area contributed by atoms with Gasteiger partial charge in [0.2, 0.25) is 5.91 Å². The van der Waals surface area contributed by atoms with Crippen LogP contribution >= 0.6 is 0 Å². The first kappa shape index (κ1) is 10.5. The maximum atomic E-state index is 11.5. The van der Waals surface area contributed by atoms with Gasteiger partial charge in [0.1, 0.15) is 0 Å². The van der Waals surface area contributed by atoms with E-state index in [-0.39, 0.29) is 11.8 Å². The normalized spacial score (nSPS) is 22.7. The molecule has 0 aromatic carbocycles. The summed E-state index contributed by atoms with van der Waals surface area (Å²) in [5.74, 6) is 0.450. The van der Waals surface area contributed by atoms with Gasteiger partial charge in [0, 0.05) is 13.1 Å². The summed E-state index contributed by atoms with van der Waals surface area (Å²) in [4.78, 5) is 11.5. The van der Waals surface area contributed by atoms with Gasteiger partial charge in [-0.1, -0.05) is 13.3 Å². The van der Waals surface area contributed by atoms with E-state index in [2.05, 4.69) is 17.6 Å².